The lowest BCUT2D eigenvalue weighted by atomic mass is 9.88. The molecule has 0 saturated carbocycles. The average Bonchev–Trinajstić information content (AvgIpc) is 2.95. The van der Waals surface area contributed by atoms with Gasteiger partial charge in [-0.1, -0.05) is 43.3 Å². The van der Waals surface area contributed by atoms with Crippen molar-refractivity contribution in [1.82, 2.24) is 14.9 Å². The molecule has 0 bridgehead atoms. The zero-order valence-corrected chi connectivity index (χ0v) is 25.6. The first kappa shape index (κ1) is 32.8. The van der Waals surface area contributed by atoms with E-state index in [1.54, 1.807) is 29.2 Å². The topological polar surface area (TPSA) is 110 Å². The third kappa shape index (κ3) is 8.70. The van der Waals surface area contributed by atoms with Gasteiger partial charge in [0.1, 0.15) is 5.60 Å². The molecule has 0 unspecified atom stereocenters. The van der Waals surface area contributed by atoms with Crippen molar-refractivity contribution in [3.05, 3.63) is 82.2 Å². The summed E-state index contributed by atoms with van der Waals surface area (Å²) in [5, 5.41) is 3.13. The second-order valence-corrected chi connectivity index (χ2v) is 12.1. The largest absolute Gasteiger partial charge is 0.444 e. The summed E-state index contributed by atoms with van der Waals surface area (Å²) in [5.41, 5.74) is 8.08. The van der Waals surface area contributed by atoms with Crippen molar-refractivity contribution in [1.29, 1.82) is 0 Å². The van der Waals surface area contributed by atoms with Crippen molar-refractivity contribution < 1.29 is 27.5 Å². The van der Waals surface area contributed by atoms with Gasteiger partial charge in [-0.25, -0.2) is 14.8 Å². The van der Waals surface area contributed by atoms with E-state index < -0.39 is 23.2 Å². The highest BCUT2D eigenvalue weighted by molar-refractivity contribution is 5.77. The number of carbonyl (C=O) groups is 2. The third-order valence-electron chi connectivity index (χ3n) is 7.66. The van der Waals surface area contributed by atoms with Crippen molar-refractivity contribution in [3.8, 4) is 0 Å². The number of nitrogens with two attached hydrogens (primary N) is 1. The molecule has 2 aromatic carbocycles. The number of primary amides is 1. The number of amides is 2. The molecule has 4 rings (SSSR count). The van der Waals surface area contributed by atoms with Crippen molar-refractivity contribution in [2.45, 2.75) is 83.9 Å². The van der Waals surface area contributed by atoms with Crippen molar-refractivity contribution >= 4 is 23.6 Å². The Hall–Kier alpha value is -4.15. The van der Waals surface area contributed by atoms with Crippen LogP contribution in [0.3, 0.4) is 0 Å². The van der Waals surface area contributed by atoms with Gasteiger partial charge in [-0.15, -0.1) is 0 Å². The van der Waals surface area contributed by atoms with Crippen LogP contribution >= 0.6 is 0 Å². The van der Waals surface area contributed by atoms with E-state index in [1.807, 2.05) is 39.8 Å². The minimum Gasteiger partial charge on any atom is -0.444 e. The summed E-state index contributed by atoms with van der Waals surface area (Å²) in [6.45, 7) is 8.78. The molecule has 2 heterocycles. The smallest absolute Gasteiger partial charge is 0.419 e. The molecule has 0 atom stereocenters. The second-order valence-electron chi connectivity index (χ2n) is 12.1. The normalized spacial score (nSPS) is 14.4. The van der Waals surface area contributed by atoms with Gasteiger partial charge in [-0.2, -0.15) is 13.2 Å². The molecule has 1 aromatic heterocycles. The molecule has 0 spiro atoms. The van der Waals surface area contributed by atoms with E-state index in [-0.39, 0.29) is 42.9 Å². The maximum absolute atomic E-state index is 13.9. The van der Waals surface area contributed by atoms with Gasteiger partial charge in [0.2, 0.25) is 11.9 Å². The number of piperidine rings is 1. The molecule has 2 amide bonds. The average molecular weight is 612 g/mol. The lowest BCUT2D eigenvalue weighted by molar-refractivity contribution is -0.138. The van der Waals surface area contributed by atoms with Crippen LogP contribution in [0, 0.1) is 0 Å². The first-order valence-electron chi connectivity index (χ1n) is 14.9. The first-order chi connectivity index (χ1) is 20.7. The summed E-state index contributed by atoms with van der Waals surface area (Å²) in [6, 6.07) is 13.1. The fraction of sp³-hybridized carbons (Fsp3) is 0.455. The Bertz CT molecular complexity index is 1480. The Balaban J connectivity index is 1.49. The van der Waals surface area contributed by atoms with E-state index in [2.05, 4.69) is 21.4 Å². The number of alkyl halides is 3. The number of aryl methyl sites for hydroxylation is 3. The molecular weight excluding hydrogens is 571 g/mol. The van der Waals surface area contributed by atoms with E-state index in [4.69, 9.17) is 10.5 Å². The predicted molar refractivity (Wildman–Crippen MR) is 163 cm³/mol. The molecular formula is C33H40F3N5O3. The number of likely N-dealkylation sites (tertiary alicyclic amines) is 1. The number of ether oxygens (including phenoxy) is 1. The molecule has 0 aliphatic carbocycles. The number of hydrogen-bond donors (Lipinski definition) is 2. The molecule has 11 heteroatoms. The van der Waals surface area contributed by atoms with Gasteiger partial charge in [0.25, 0.3) is 0 Å². The number of rotatable bonds is 9. The van der Waals surface area contributed by atoms with E-state index in [9.17, 15) is 22.8 Å². The van der Waals surface area contributed by atoms with Crippen LogP contribution in [-0.2, 0) is 41.4 Å². The van der Waals surface area contributed by atoms with Gasteiger partial charge in [-0.3, -0.25) is 4.79 Å². The molecule has 1 saturated heterocycles. The van der Waals surface area contributed by atoms with Crippen LogP contribution < -0.4 is 11.1 Å². The van der Waals surface area contributed by atoms with E-state index in [1.165, 1.54) is 0 Å². The minimum atomic E-state index is -4.62. The van der Waals surface area contributed by atoms with Crippen molar-refractivity contribution in [3.63, 3.8) is 0 Å². The van der Waals surface area contributed by atoms with Crippen LogP contribution in [0.2, 0.25) is 0 Å². The van der Waals surface area contributed by atoms with Crippen LogP contribution in [0.15, 0.2) is 48.7 Å². The summed E-state index contributed by atoms with van der Waals surface area (Å²) in [6.07, 6.45) is -1.51. The Kier molecular flexibility index (Phi) is 10.2. The fourth-order valence-electron chi connectivity index (χ4n) is 5.44. The molecule has 0 radical (unpaired) electrons. The number of nitrogens with one attached hydrogen (secondary N) is 1. The number of benzene rings is 2. The van der Waals surface area contributed by atoms with Gasteiger partial charge >= 0.3 is 12.3 Å². The molecule has 44 heavy (non-hydrogen) atoms. The van der Waals surface area contributed by atoms with Crippen LogP contribution in [0.1, 0.15) is 80.0 Å². The standard InChI is InChI=1S/C33H40F3N5O3/c1-5-21-18-25(23-14-16-41(17-15-23)31(43)44-32(2,3)4)11-12-27(21)39-30-38-20-26(33(34,35)36)28(40-30)13-10-22-8-6-7-9-24(22)19-29(37)42/h6-9,11-12,18,20,23H,5,10,13-17,19H2,1-4H3,(H2,37,42)(H,38,39,40). The van der Waals surface area contributed by atoms with E-state index in [0.717, 1.165) is 41.4 Å². The number of aromatic nitrogens is 2. The van der Waals surface area contributed by atoms with Crippen LogP contribution in [0.4, 0.5) is 29.6 Å². The number of carbonyl (C=O) groups excluding carboxylic acids is 2. The number of anilines is 2. The summed E-state index contributed by atoms with van der Waals surface area (Å²) >= 11 is 0. The maximum Gasteiger partial charge on any atom is 0.419 e. The molecule has 3 N–H and O–H groups in total. The molecule has 8 nitrogen and oxygen atoms in total. The van der Waals surface area contributed by atoms with Crippen molar-refractivity contribution in [2.75, 3.05) is 18.4 Å². The highest BCUT2D eigenvalue weighted by Crippen LogP contribution is 2.34. The molecule has 1 fully saturated rings. The maximum atomic E-state index is 13.9. The van der Waals surface area contributed by atoms with Crippen LogP contribution in [-0.4, -0.2) is 45.6 Å². The Morgan fingerprint density at radius 1 is 1.02 bits per heavy atom. The SMILES string of the molecule is CCc1cc(C2CCN(C(=O)OC(C)(C)C)CC2)ccc1Nc1ncc(C(F)(F)F)c(CCc2ccccc2CC(N)=O)n1. The summed E-state index contributed by atoms with van der Waals surface area (Å²) in [5.74, 6) is -0.156. The molecule has 1 aliphatic heterocycles. The highest BCUT2D eigenvalue weighted by atomic mass is 19.4. The summed E-state index contributed by atoms with van der Waals surface area (Å²) in [7, 11) is 0. The Labute approximate surface area is 256 Å². The van der Waals surface area contributed by atoms with Gasteiger partial charge in [0.15, 0.2) is 0 Å². The third-order valence-corrected chi connectivity index (χ3v) is 7.66. The second kappa shape index (κ2) is 13.7. The van der Waals surface area contributed by atoms with Gasteiger partial charge in [0.05, 0.1) is 17.7 Å². The first-order valence-corrected chi connectivity index (χ1v) is 14.9. The minimum absolute atomic E-state index is 0.00336. The Morgan fingerprint density at radius 2 is 1.70 bits per heavy atom. The number of nitrogens with zero attached hydrogens (tertiary/aromatic N) is 3. The van der Waals surface area contributed by atoms with Crippen molar-refractivity contribution in [2.24, 2.45) is 5.73 Å². The Morgan fingerprint density at radius 3 is 2.32 bits per heavy atom. The van der Waals surface area contributed by atoms with Gasteiger partial charge < -0.3 is 20.7 Å². The zero-order valence-electron chi connectivity index (χ0n) is 25.6. The van der Waals surface area contributed by atoms with Crippen LogP contribution in [0.5, 0.6) is 0 Å². The molecule has 3 aromatic rings. The fourth-order valence-corrected chi connectivity index (χ4v) is 5.44. The van der Waals surface area contributed by atoms with Gasteiger partial charge in [0, 0.05) is 25.0 Å². The number of halogens is 3. The molecule has 1 aliphatic rings. The lowest BCUT2D eigenvalue weighted by Crippen LogP contribution is -2.41. The molecule has 236 valence electrons. The van der Waals surface area contributed by atoms with Gasteiger partial charge in [-0.05, 0) is 87.1 Å². The lowest BCUT2D eigenvalue weighted by Gasteiger charge is -2.33. The van der Waals surface area contributed by atoms with Crippen LogP contribution in [0.25, 0.3) is 0 Å². The zero-order chi connectivity index (χ0) is 32.1. The quantitative estimate of drug-likeness (QED) is 0.278. The predicted octanol–water partition coefficient (Wildman–Crippen LogP) is 6.73. The summed E-state index contributed by atoms with van der Waals surface area (Å²) < 4.78 is 47.1. The monoisotopic (exact) mass is 611 g/mol. The number of hydrogen-bond acceptors (Lipinski definition) is 6. The highest BCUT2D eigenvalue weighted by Gasteiger charge is 2.35. The van der Waals surface area contributed by atoms with E-state index in [0.29, 0.717) is 25.1 Å². The van der Waals surface area contributed by atoms with E-state index >= 15 is 0 Å². The summed E-state index contributed by atoms with van der Waals surface area (Å²) in [4.78, 5) is 34.0.